The molecule has 0 aromatic rings. The molecule has 0 saturated heterocycles. The summed E-state index contributed by atoms with van der Waals surface area (Å²) in [5.74, 6) is 0.392. The lowest BCUT2D eigenvalue weighted by Gasteiger charge is -2.00. The second-order valence-corrected chi connectivity index (χ2v) is 2.36. The summed E-state index contributed by atoms with van der Waals surface area (Å²) in [6.07, 6.45) is 4.66. The highest BCUT2D eigenvalue weighted by Crippen LogP contribution is 1.96. The van der Waals surface area contributed by atoms with Crippen molar-refractivity contribution in [1.82, 2.24) is 0 Å². The van der Waals surface area contributed by atoms with Gasteiger partial charge in [0.1, 0.15) is 6.34 Å². The number of allylic oxidation sites excluding steroid dienone is 1. The van der Waals surface area contributed by atoms with Crippen molar-refractivity contribution < 1.29 is 0 Å². The Morgan fingerprint density at radius 1 is 1.36 bits per heavy atom. The summed E-state index contributed by atoms with van der Waals surface area (Å²) < 4.78 is 0. The van der Waals surface area contributed by atoms with Gasteiger partial charge < -0.3 is 0 Å². The maximum Gasteiger partial charge on any atom is 0.115 e. The summed E-state index contributed by atoms with van der Waals surface area (Å²) in [7, 11) is 0. The average molecular weight is 150 g/mol. The lowest BCUT2D eigenvalue weighted by atomic mass is 10.1. The molecule has 11 heavy (non-hydrogen) atoms. The van der Waals surface area contributed by atoms with E-state index in [2.05, 4.69) is 37.0 Å². The van der Waals surface area contributed by atoms with Crippen molar-refractivity contribution in [1.29, 1.82) is 0 Å². The molecule has 0 rings (SSSR count). The van der Waals surface area contributed by atoms with Gasteiger partial charge in [-0.3, -0.25) is 0 Å². The van der Waals surface area contributed by atoms with Gasteiger partial charge in [0.15, 0.2) is 0 Å². The molecule has 2 nitrogen and oxygen atoms in total. The van der Waals surface area contributed by atoms with Gasteiger partial charge in [-0.2, -0.15) is 0 Å². The highest BCUT2D eigenvalue weighted by atomic mass is 14.8. The first-order valence-corrected chi connectivity index (χ1v) is 3.55. The van der Waals surface area contributed by atoms with Crippen LogP contribution in [0.15, 0.2) is 35.4 Å². The van der Waals surface area contributed by atoms with Crippen LogP contribution in [0.2, 0.25) is 0 Å². The van der Waals surface area contributed by atoms with Crippen molar-refractivity contribution in [2.24, 2.45) is 15.9 Å². The zero-order chi connectivity index (χ0) is 8.69. The highest BCUT2D eigenvalue weighted by Gasteiger charge is 1.96. The van der Waals surface area contributed by atoms with Crippen LogP contribution in [0.1, 0.15) is 13.8 Å². The van der Waals surface area contributed by atoms with E-state index >= 15 is 0 Å². The molecular weight excluding hydrogens is 136 g/mol. The fourth-order valence-corrected chi connectivity index (χ4v) is 0.585. The molecule has 60 valence electrons. The van der Waals surface area contributed by atoms with E-state index in [0.29, 0.717) is 5.92 Å². The van der Waals surface area contributed by atoms with Crippen molar-refractivity contribution in [3.8, 4) is 0 Å². The van der Waals surface area contributed by atoms with E-state index in [1.807, 2.05) is 0 Å². The molecule has 0 aromatic heterocycles. The standard InChI is InChI=1S/C9H14N2/c1-5-9(8(3)4)11-7-10-6-2/h5-8H,1-2H2,3-4H3. The fourth-order valence-electron chi connectivity index (χ4n) is 0.585. The molecule has 0 aliphatic carbocycles. The second kappa shape index (κ2) is 5.59. The van der Waals surface area contributed by atoms with Gasteiger partial charge in [0, 0.05) is 11.9 Å². The maximum atomic E-state index is 4.07. The zero-order valence-electron chi connectivity index (χ0n) is 7.12. The van der Waals surface area contributed by atoms with Crippen LogP contribution in [0.5, 0.6) is 0 Å². The van der Waals surface area contributed by atoms with Crippen LogP contribution in [0.3, 0.4) is 0 Å². The summed E-state index contributed by atoms with van der Waals surface area (Å²) in [5, 5.41) is 0. The Labute approximate surface area is 68.1 Å². The van der Waals surface area contributed by atoms with Crippen LogP contribution in [0.25, 0.3) is 0 Å². The van der Waals surface area contributed by atoms with Gasteiger partial charge >= 0.3 is 0 Å². The third-order valence-electron chi connectivity index (χ3n) is 1.18. The predicted molar refractivity (Wildman–Crippen MR) is 51.2 cm³/mol. The van der Waals surface area contributed by atoms with Crippen LogP contribution in [-0.2, 0) is 0 Å². The monoisotopic (exact) mass is 150 g/mol. The summed E-state index contributed by atoms with van der Waals surface area (Å²) in [4.78, 5) is 7.81. The summed E-state index contributed by atoms with van der Waals surface area (Å²) >= 11 is 0. The third-order valence-corrected chi connectivity index (χ3v) is 1.18. The quantitative estimate of drug-likeness (QED) is 0.434. The molecular formula is C9H14N2. The zero-order valence-corrected chi connectivity index (χ0v) is 7.12. The topological polar surface area (TPSA) is 24.7 Å². The molecule has 0 aliphatic heterocycles. The molecule has 0 bridgehead atoms. The van der Waals surface area contributed by atoms with Gasteiger partial charge in [-0.1, -0.05) is 27.0 Å². The summed E-state index contributed by atoms with van der Waals surface area (Å²) in [6.45, 7) is 11.2. The van der Waals surface area contributed by atoms with E-state index in [4.69, 9.17) is 0 Å². The molecule has 0 amide bonds. The van der Waals surface area contributed by atoms with Crippen LogP contribution in [0.4, 0.5) is 0 Å². The largest absolute Gasteiger partial charge is 0.245 e. The maximum absolute atomic E-state index is 4.07. The predicted octanol–water partition coefficient (Wildman–Crippen LogP) is 2.44. The van der Waals surface area contributed by atoms with E-state index in [9.17, 15) is 0 Å². The second-order valence-electron chi connectivity index (χ2n) is 2.36. The van der Waals surface area contributed by atoms with Gasteiger partial charge in [-0.25, -0.2) is 9.98 Å². The molecule has 0 unspecified atom stereocenters. The van der Waals surface area contributed by atoms with E-state index in [-0.39, 0.29) is 0 Å². The summed E-state index contributed by atoms with van der Waals surface area (Å²) in [5.41, 5.74) is 0.940. The lowest BCUT2D eigenvalue weighted by Crippen LogP contribution is -2.02. The molecule has 0 fully saturated rings. The number of nitrogens with zero attached hydrogens (tertiary/aromatic N) is 2. The minimum Gasteiger partial charge on any atom is -0.245 e. The lowest BCUT2D eigenvalue weighted by molar-refractivity contribution is 0.891. The van der Waals surface area contributed by atoms with E-state index in [1.54, 1.807) is 6.08 Å². The summed E-state index contributed by atoms with van der Waals surface area (Å²) in [6, 6.07) is 0. The molecule has 0 radical (unpaired) electrons. The van der Waals surface area contributed by atoms with E-state index in [1.165, 1.54) is 12.5 Å². The Bertz CT molecular complexity index is 188. The van der Waals surface area contributed by atoms with Crippen LogP contribution < -0.4 is 0 Å². The van der Waals surface area contributed by atoms with Crippen molar-refractivity contribution >= 4 is 12.1 Å². The Balaban J connectivity index is 4.23. The molecule has 0 N–H and O–H groups in total. The molecule has 0 heterocycles. The molecule has 0 aromatic carbocycles. The normalized spacial score (nSPS) is 12.5. The van der Waals surface area contributed by atoms with Crippen LogP contribution in [0, 0.1) is 5.92 Å². The molecule has 0 saturated carbocycles. The first kappa shape index (κ1) is 9.82. The first-order chi connectivity index (χ1) is 5.22. The van der Waals surface area contributed by atoms with Gasteiger partial charge in [0.25, 0.3) is 0 Å². The number of rotatable bonds is 4. The first-order valence-electron chi connectivity index (χ1n) is 3.55. The Hall–Kier alpha value is -1.18. The number of aliphatic imine (C=N–C) groups is 2. The minimum absolute atomic E-state index is 0.392. The smallest absolute Gasteiger partial charge is 0.115 e. The van der Waals surface area contributed by atoms with Crippen molar-refractivity contribution in [2.75, 3.05) is 0 Å². The van der Waals surface area contributed by atoms with Crippen molar-refractivity contribution in [3.63, 3.8) is 0 Å². The van der Waals surface area contributed by atoms with Gasteiger partial charge in [0.2, 0.25) is 0 Å². The molecule has 0 atom stereocenters. The van der Waals surface area contributed by atoms with E-state index < -0.39 is 0 Å². The van der Waals surface area contributed by atoms with Gasteiger partial charge in [0.05, 0.1) is 0 Å². The van der Waals surface area contributed by atoms with Gasteiger partial charge in [-0.15, -0.1) is 0 Å². The van der Waals surface area contributed by atoms with Crippen molar-refractivity contribution in [3.05, 3.63) is 25.4 Å². The number of hydrogen-bond acceptors (Lipinski definition) is 1. The van der Waals surface area contributed by atoms with Gasteiger partial charge in [-0.05, 0) is 12.0 Å². The molecule has 0 aliphatic rings. The fraction of sp³-hybridized carbons (Fsp3) is 0.333. The molecule has 2 heteroatoms. The minimum atomic E-state index is 0.392. The highest BCUT2D eigenvalue weighted by molar-refractivity contribution is 6.00. The van der Waals surface area contributed by atoms with Crippen LogP contribution >= 0.6 is 0 Å². The Morgan fingerprint density at radius 2 is 2.00 bits per heavy atom. The average Bonchev–Trinajstić information content (AvgIpc) is 1.97. The van der Waals surface area contributed by atoms with Crippen molar-refractivity contribution in [2.45, 2.75) is 13.8 Å². The Morgan fingerprint density at radius 3 is 2.36 bits per heavy atom. The molecule has 0 spiro atoms. The number of hydrogen-bond donors (Lipinski definition) is 0. The van der Waals surface area contributed by atoms with Crippen LogP contribution in [-0.4, -0.2) is 12.1 Å². The SMILES string of the molecule is C=CN=CN=C(C=C)C(C)C. The Kier molecular flexibility index (Phi) is 4.99. The van der Waals surface area contributed by atoms with E-state index in [0.717, 1.165) is 5.71 Å². The third kappa shape index (κ3) is 4.25.